The van der Waals surface area contributed by atoms with Gasteiger partial charge in [-0.3, -0.25) is 4.68 Å². The maximum absolute atomic E-state index is 5.18. The zero-order chi connectivity index (χ0) is 12.1. The van der Waals surface area contributed by atoms with Gasteiger partial charge >= 0.3 is 0 Å². The normalized spacial score (nSPS) is 18.7. The summed E-state index contributed by atoms with van der Waals surface area (Å²) in [5, 5.41) is 7.94. The third kappa shape index (κ3) is 3.30. The van der Waals surface area contributed by atoms with Crippen LogP contribution < -0.4 is 5.32 Å². The van der Waals surface area contributed by atoms with Crippen LogP contribution in [0.1, 0.15) is 37.4 Å². The summed E-state index contributed by atoms with van der Waals surface area (Å²) in [4.78, 5) is 0. The fourth-order valence-corrected chi connectivity index (χ4v) is 2.56. The molecular formula is C13H23N3O. The number of ether oxygens (including phenoxy) is 1. The Kier molecular flexibility index (Phi) is 4.57. The van der Waals surface area contributed by atoms with Crippen molar-refractivity contribution in [2.45, 2.75) is 44.2 Å². The number of likely N-dealkylation sites (N-methyl/N-ethyl adjacent to an activating group) is 1. The van der Waals surface area contributed by atoms with Gasteiger partial charge in [-0.1, -0.05) is 12.8 Å². The standard InChI is InChI=1S/C13H23N3O/c1-14-12(10-17-2)9-11-7-8-16(15-11)13-5-3-4-6-13/h7-8,12-14H,3-6,9-10H2,1-2H3. The molecule has 1 saturated carbocycles. The second kappa shape index (κ2) is 6.17. The van der Waals surface area contributed by atoms with Crippen LogP contribution in [0, 0.1) is 0 Å². The van der Waals surface area contributed by atoms with Gasteiger partial charge in [0.05, 0.1) is 18.3 Å². The first kappa shape index (κ1) is 12.6. The number of hydrogen-bond donors (Lipinski definition) is 1. The van der Waals surface area contributed by atoms with Crippen molar-refractivity contribution >= 4 is 0 Å². The molecule has 0 amide bonds. The van der Waals surface area contributed by atoms with Gasteiger partial charge in [-0.2, -0.15) is 5.10 Å². The van der Waals surface area contributed by atoms with E-state index in [1.54, 1.807) is 7.11 Å². The zero-order valence-electron chi connectivity index (χ0n) is 10.9. The Morgan fingerprint density at radius 2 is 2.29 bits per heavy atom. The Bertz CT molecular complexity index is 331. The van der Waals surface area contributed by atoms with Gasteiger partial charge in [0.25, 0.3) is 0 Å². The summed E-state index contributed by atoms with van der Waals surface area (Å²) in [5.41, 5.74) is 1.16. The van der Waals surface area contributed by atoms with Crippen molar-refractivity contribution in [1.82, 2.24) is 15.1 Å². The van der Waals surface area contributed by atoms with E-state index in [4.69, 9.17) is 4.74 Å². The number of nitrogens with one attached hydrogen (secondary N) is 1. The molecule has 0 bridgehead atoms. The zero-order valence-corrected chi connectivity index (χ0v) is 10.9. The maximum atomic E-state index is 5.18. The van der Waals surface area contributed by atoms with Crippen LogP contribution in [-0.2, 0) is 11.2 Å². The lowest BCUT2D eigenvalue weighted by Gasteiger charge is -2.13. The Hall–Kier alpha value is -0.870. The summed E-state index contributed by atoms with van der Waals surface area (Å²) in [6.45, 7) is 0.729. The smallest absolute Gasteiger partial charge is 0.0641 e. The number of rotatable bonds is 6. The van der Waals surface area contributed by atoms with Crippen LogP contribution in [0.5, 0.6) is 0 Å². The van der Waals surface area contributed by atoms with E-state index in [-0.39, 0.29) is 0 Å². The van der Waals surface area contributed by atoms with Gasteiger partial charge in [0.1, 0.15) is 0 Å². The van der Waals surface area contributed by atoms with Crippen molar-refractivity contribution in [2.24, 2.45) is 0 Å². The minimum absolute atomic E-state index is 0.354. The molecule has 0 aliphatic heterocycles. The molecule has 0 spiro atoms. The molecule has 17 heavy (non-hydrogen) atoms. The second-order valence-corrected chi connectivity index (χ2v) is 4.87. The van der Waals surface area contributed by atoms with E-state index >= 15 is 0 Å². The molecule has 1 heterocycles. The third-order valence-corrected chi connectivity index (χ3v) is 3.59. The average Bonchev–Trinajstić information content (AvgIpc) is 2.98. The molecule has 1 unspecified atom stereocenters. The topological polar surface area (TPSA) is 39.1 Å². The van der Waals surface area contributed by atoms with Crippen LogP contribution in [-0.4, -0.2) is 36.6 Å². The molecule has 4 heteroatoms. The number of nitrogens with zero attached hydrogens (tertiary/aromatic N) is 2. The predicted octanol–water partition coefficient (Wildman–Crippen LogP) is 1.78. The third-order valence-electron chi connectivity index (χ3n) is 3.59. The van der Waals surface area contributed by atoms with Crippen molar-refractivity contribution in [3.8, 4) is 0 Å². The molecule has 1 aromatic rings. The minimum Gasteiger partial charge on any atom is -0.383 e. The van der Waals surface area contributed by atoms with Gasteiger partial charge < -0.3 is 10.1 Å². The lowest BCUT2D eigenvalue weighted by Crippen LogP contribution is -2.32. The fraction of sp³-hybridized carbons (Fsp3) is 0.769. The summed E-state index contributed by atoms with van der Waals surface area (Å²) in [6, 6.07) is 3.13. The van der Waals surface area contributed by atoms with Crippen LogP contribution in [0.2, 0.25) is 0 Å². The molecule has 1 aromatic heterocycles. The average molecular weight is 237 g/mol. The van der Waals surface area contributed by atoms with E-state index in [2.05, 4.69) is 27.4 Å². The maximum Gasteiger partial charge on any atom is 0.0641 e. The molecule has 1 N–H and O–H groups in total. The summed E-state index contributed by atoms with van der Waals surface area (Å²) in [5.74, 6) is 0. The first-order valence-corrected chi connectivity index (χ1v) is 6.53. The van der Waals surface area contributed by atoms with Crippen molar-refractivity contribution in [3.05, 3.63) is 18.0 Å². The van der Waals surface area contributed by atoms with Gasteiger partial charge in [0, 0.05) is 25.8 Å². The summed E-state index contributed by atoms with van der Waals surface area (Å²) in [7, 11) is 3.71. The minimum atomic E-state index is 0.354. The second-order valence-electron chi connectivity index (χ2n) is 4.87. The number of methoxy groups -OCH3 is 1. The van der Waals surface area contributed by atoms with Crippen molar-refractivity contribution < 1.29 is 4.74 Å². The van der Waals surface area contributed by atoms with Crippen molar-refractivity contribution in [1.29, 1.82) is 0 Å². The van der Waals surface area contributed by atoms with Gasteiger partial charge in [0.2, 0.25) is 0 Å². The number of hydrogen-bond acceptors (Lipinski definition) is 3. The SMILES string of the molecule is CNC(COC)Cc1ccn(C2CCCC2)n1. The lowest BCUT2D eigenvalue weighted by atomic mass is 10.2. The molecule has 0 aromatic carbocycles. The summed E-state index contributed by atoms with van der Waals surface area (Å²) < 4.78 is 7.33. The highest BCUT2D eigenvalue weighted by Gasteiger charge is 2.18. The Morgan fingerprint density at radius 1 is 1.53 bits per heavy atom. The van der Waals surface area contributed by atoms with Crippen molar-refractivity contribution in [3.63, 3.8) is 0 Å². The lowest BCUT2D eigenvalue weighted by molar-refractivity contribution is 0.169. The van der Waals surface area contributed by atoms with Crippen LogP contribution in [0.15, 0.2) is 12.3 Å². The van der Waals surface area contributed by atoms with Gasteiger partial charge in [-0.15, -0.1) is 0 Å². The Morgan fingerprint density at radius 3 is 2.94 bits per heavy atom. The highest BCUT2D eigenvalue weighted by molar-refractivity contribution is 5.02. The molecule has 1 atom stereocenters. The molecule has 1 aliphatic carbocycles. The first-order valence-electron chi connectivity index (χ1n) is 6.53. The van der Waals surface area contributed by atoms with Crippen LogP contribution >= 0.6 is 0 Å². The first-order chi connectivity index (χ1) is 8.33. The van der Waals surface area contributed by atoms with E-state index in [1.165, 1.54) is 25.7 Å². The van der Waals surface area contributed by atoms with Gasteiger partial charge in [-0.25, -0.2) is 0 Å². The number of aromatic nitrogens is 2. The van der Waals surface area contributed by atoms with Gasteiger partial charge in [0.15, 0.2) is 0 Å². The van der Waals surface area contributed by atoms with E-state index in [0.717, 1.165) is 18.7 Å². The highest BCUT2D eigenvalue weighted by atomic mass is 16.5. The van der Waals surface area contributed by atoms with Crippen molar-refractivity contribution in [2.75, 3.05) is 20.8 Å². The quantitative estimate of drug-likeness (QED) is 0.819. The molecule has 96 valence electrons. The van der Waals surface area contributed by atoms with Crippen LogP contribution in [0.25, 0.3) is 0 Å². The van der Waals surface area contributed by atoms with E-state index in [1.807, 2.05) is 7.05 Å². The van der Waals surface area contributed by atoms with E-state index in [9.17, 15) is 0 Å². The molecule has 1 aliphatic rings. The Labute approximate surface area is 103 Å². The van der Waals surface area contributed by atoms with Crippen LogP contribution in [0.4, 0.5) is 0 Å². The highest BCUT2D eigenvalue weighted by Crippen LogP contribution is 2.28. The van der Waals surface area contributed by atoms with Gasteiger partial charge in [-0.05, 0) is 26.0 Å². The molecular weight excluding hydrogens is 214 g/mol. The molecule has 1 fully saturated rings. The monoisotopic (exact) mass is 237 g/mol. The van der Waals surface area contributed by atoms with Crippen LogP contribution in [0.3, 0.4) is 0 Å². The summed E-state index contributed by atoms with van der Waals surface area (Å²) >= 11 is 0. The molecule has 0 saturated heterocycles. The molecule has 4 nitrogen and oxygen atoms in total. The fourth-order valence-electron chi connectivity index (χ4n) is 2.56. The largest absolute Gasteiger partial charge is 0.383 e. The summed E-state index contributed by atoms with van der Waals surface area (Å²) in [6.07, 6.45) is 8.34. The molecule has 2 rings (SSSR count). The van der Waals surface area contributed by atoms with E-state index in [0.29, 0.717) is 12.1 Å². The molecule has 0 radical (unpaired) electrons. The predicted molar refractivity (Wildman–Crippen MR) is 68.2 cm³/mol. The van der Waals surface area contributed by atoms with E-state index < -0.39 is 0 Å². The Balaban J connectivity index is 1.92.